The van der Waals surface area contributed by atoms with Crippen LogP contribution in [0, 0.1) is 5.41 Å². The summed E-state index contributed by atoms with van der Waals surface area (Å²) in [7, 11) is 0. The molecular weight excluding hydrogens is 270 g/mol. The van der Waals surface area contributed by atoms with Crippen molar-refractivity contribution in [2.45, 2.75) is 38.1 Å². The highest BCUT2D eigenvalue weighted by Gasteiger charge is 2.25. The van der Waals surface area contributed by atoms with Crippen molar-refractivity contribution < 1.29 is 9.90 Å². The van der Waals surface area contributed by atoms with Crippen LogP contribution in [0.1, 0.15) is 33.1 Å². The Hall–Kier alpha value is -0.740. The lowest BCUT2D eigenvalue weighted by Gasteiger charge is -2.18. The molecule has 0 aliphatic rings. The van der Waals surface area contributed by atoms with Crippen LogP contribution in [0.15, 0.2) is 23.4 Å². The fourth-order valence-electron chi connectivity index (χ4n) is 1.42. The van der Waals surface area contributed by atoms with Crippen molar-refractivity contribution >= 4 is 29.3 Å². The number of nitrogens with zero attached hydrogens (tertiary/aromatic N) is 1. The van der Waals surface area contributed by atoms with Crippen LogP contribution in [0.5, 0.6) is 0 Å². The predicted molar refractivity (Wildman–Crippen MR) is 75.2 cm³/mol. The monoisotopic (exact) mass is 287 g/mol. The molecule has 3 nitrogen and oxygen atoms in total. The first-order valence-corrected chi connectivity index (χ1v) is 7.26. The van der Waals surface area contributed by atoms with Crippen molar-refractivity contribution in [3.05, 3.63) is 23.4 Å². The molecule has 0 saturated heterocycles. The van der Waals surface area contributed by atoms with Gasteiger partial charge in [0.2, 0.25) is 0 Å². The Kier molecular flexibility index (Phi) is 5.96. The van der Waals surface area contributed by atoms with Crippen LogP contribution in [-0.2, 0) is 4.79 Å². The van der Waals surface area contributed by atoms with E-state index in [1.807, 2.05) is 12.1 Å². The van der Waals surface area contributed by atoms with Crippen molar-refractivity contribution in [2.24, 2.45) is 5.41 Å². The Balaban J connectivity index is 2.24. The van der Waals surface area contributed by atoms with E-state index in [0.29, 0.717) is 11.4 Å². The zero-order valence-electron chi connectivity index (χ0n) is 10.6. The maximum atomic E-state index is 10.9. The van der Waals surface area contributed by atoms with Gasteiger partial charge in [-0.25, -0.2) is 4.98 Å². The van der Waals surface area contributed by atoms with Gasteiger partial charge < -0.3 is 5.11 Å². The van der Waals surface area contributed by atoms with E-state index in [-0.39, 0.29) is 0 Å². The highest BCUT2D eigenvalue weighted by Crippen LogP contribution is 2.27. The van der Waals surface area contributed by atoms with Gasteiger partial charge in [-0.3, -0.25) is 4.79 Å². The van der Waals surface area contributed by atoms with Crippen LogP contribution in [0.4, 0.5) is 0 Å². The van der Waals surface area contributed by atoms with Crippen molar-refractivity contribution in [2.75, 3.05) is 5.75 Å². The molecule has 5 heteroatoms. The van der Waals surface area contributed by atoms with Gasteiger partial charge in [0.1, 0.15) is 5.03 Å². The Morgan fingerprint density at radius 2 is 2.22 bits per heavy atom. The van der Waals surface area contributed by atoms with Crippen LogP contribution in [-0.4, -0.2) is 21.8 Å². The van der Waals surface area contributed by atoms with Gasteiger partial charge in [0.15, 0.2) is 0 Å². The maximum Gasteiger partial charge on any atom is 0.309 e. The first kappa shape index (κ1) is 15.3. The third-order valence-corrected chi connectivity index (χ3v) is 4.25. The number of aromatic nitrogens is 1. The molecule has 1 aromatic heterocycles. The number of aliphatic carboxylic acids is 1. The molecular formula is C13H18ClNO2S. The number of carboxylic acids is 1. The molecule has 1 N–H and O–H groups in total. The van der Waals surface area contributed by atoms with E-state index in [9.17, 15) is 4.79 Å². The zero-order chi connectivity index (χ0) is 13.6. The SMILES string of the molecule is CC(C)(CCCCSc1ncccc1Cl)C(=O)O. The van der Waals surface area contributed by atoms with Crippen molar-refractivity contribution in [3.8, 4) is 0 Å². The molecule has 1 aromatic rings. The minimum atomic E-state index is -0.733. The summed E-state index contributed by atoms with van der Waals surface area (Å²) >= 11 is 7.61. The molecule has 0 atom stereocenters. The lowest BCUT2D eigenvalue weighted by Crippen LogP contribution is -2.23. The predicted octanol–water partition coefficient (Wildman–Crippen LogP) is 4.11. The van der Waals surface area contributed by atoms with E-state index >= 15 is 0 Å². The normalized spacial score (nSPS) is 11.5. The van der Waals surface area contributed by atoms with Gasteiger partial charge in [0.25, 0.3) is 0 Å². The topological polar surface area (TPSA) is 50.2 Å². The minimum Gasteiger partial charge on any atom is -0.481 e. The number of rotatable bonds is 7. The number of pyridine rings is 1. The fraction of sp³-hybridized carbons (Fsp3) is 0.538. The summed E-state index contributed by atoms with van der Waals surface area (Å²) in [5.74, 6) is 0.176. The molecule has 0 aromatic carbocycles. The van der Waals surface area contributed by atoms with E-state index < -0.39 is 11.4 Å². The van der Waals surface area contributed by atoms with E-state index in [1.54, 1.807) is 31.8 Å². The second kappa shape index (κ2) is 7.00. The van der Waals surface area contributed by atoms with Crippen LogP contribution in [0.25, 0.3) is 0 Å². The average molecular weight is 288 g/mol. The smallest absolute Gasteiger partial charge is 0.309 e. The molecule has 0 radical (unpaired) electrons. The highest BCUT2D eigenvalue weighted by atomic mass is 35.5. The second-order valence-electron chi connectivity index (χ2n) is 4.78. The molecule has 0 saturated carbocycles. The van der Waals surface area contributed by atoms with Gasteiger partial charge in [0.05, 0.1) is 10.4 Å². The van der Waals surface area contributed by atoms with Gasteiger partial charge in [0, 0.05) is 6.20 Å². The Morgan fingerprint density at radius 1 is 1.50 bits per heavy atom. The molecule has 0 fully saturated rings. The number of hydrogen-bond donors (Lipinski definition) is 1. The Labute approximate surface area is 117 Å². The Morgan fingerprint density at radius 3 is 2.83 bits per heavy atom. The summed E-state index contributed by atoms with van der Waals surface area (Å²) < 4.78 is 0. The van der Waals surface area contributed by atoms with Gasteiger partial charge in [-0.2, -0.15) is 0 Å². The third kappa shape index (κ3) is 4.86. The molecule has 0 bridgehead atoms. The lowest BCUT2D eigenvalue weighted by atomic mass is 9.88. The summed E-state index contributed by atoms with van der Waals surface area (Å²) in [6.07, 6.45) is 4.28. The quantitative estimate of drug-likeness (QED) is 0.606. The molecule has 100 valence electrons. The summed E-state index contributed by atoms with van der Waals surface area (Å²) in [6.45, 7) is 3.52. The second-order valence-corrected chi connectivity index (χ2v) is 6.28. The number of carbonyl (C=O) groups is 1. The van der Waals surface area contributed by atoms with Gasteiger partial charge in [-0.05, 0) is 44.6 Å². The first-order chi connectivity index (χ1) is 8.43. The van der Waals surface area contributed by atoms with Crippen LogP contribution >= 0.6 is 23.4 Å². The van der Waals surface area contributed by atoms with Gasteiger partial charge in [-0.15, -0.1) is 11.8 Å². The van der Waals surface area contributed by atoms with Gasteiger partial charge >= 0.3 is 5.97 Å². The molecule has 0 spiro atoms. The van der Waals surface area contributed by atoms with E-state index in [4.69, 9.17) is 16.7 Å². The Bertz CT molecular complexity index is 410. The van der Waals surface area contributed by atoms with Crippen molar-refractivity contribution in [1.29, 1.82) is 0 Å². The van der Waals surface area contributed by atoms with E-state index in [1.165, 1.54) is 0 Å². The summed E-state index contributed by atoms with van der Waals surface area (Å²) in [4.78, 5) is 15.1. The van der Waals surface area contributed by atoms with Gasteiger partial charge in [-0.1, -0.05) is 18.0 Å². The molecule has 0 aliphatic heterocycles. The summed E-state index contributed by atoms with van der Waals surface area (Å²) in [5, 5.41) is 10.5. The van der Waals surface area contributed by atoms with Crippen molar-refractivity contribution in [1.82, 2.24) is 4.98 Å². The molecule has 0 aliphatic carbocycles. The van der Waals surface area contributed by atoms with Crippen molar-refractivity contribution in [3.63, 3.8) is 0 Å². The molecule has 0 unspecified atom stereocenters. The molecule has 0 amide bonds. The van der Waals surface area contributed by atoms with E-state index in [0.717, 1.165) is 23.6 Å². The maximum absolute atomic E-state index is 10.9. The van der Waals surface area contributed by atoms with Crippen LogP contribution in [0.3, 0.4) is 0 Å². The van der Waals surface area contributed by atoms with E-state index in [2.05, 4.69) is 4.98 Å². The largest absolute Gasteiger partial charge is 0.481 e. The number of carboxylic acid groups (broad SMARTS) is 1. The molecule has 1 rings (SSSR count). The van der Waals surface area contributed by atoms with Crippen LogP contribution < -0.4 is 0 Å². The number of hydrogen-bond acceptors (Lipinski definition) is 3. The average Bonchev–Trinajstić information content (AvgIpc) is 2.30. The first-order valence-electron chi connectivity index (χ1n) is 5.90. The number of halogens is 1. The number of unbranched alkanes of at least 4 members (excludes halogenated alkanes) is 1. The molecule has 18 heavy (non-hydrogen) atoms. The highest BCUT2D eigenvalue weighted by molar-refractivity contribution is 7.99. The fourth-order valence-corrected chi connectivity index (χ4v) is 2.59. The minimum absolute atomic E-state index is 0.632. The molecule has 1 heterocycles. The summed E-state index contributed by atoms with van der Waals surface area (Å²) in [5.41, 5.74) is -0.632. The van der Waals surface area contributed by atoms with Crippen LogP contribution in [0.2, 0.25) is 5.02 Å². The third-order valence-electron chi connectivity index (χ3n) is 2.74. The number of thioether (sulfide) groups is 1. The zero-order valence-corrected chi connectivity index (χ0v) is 12.2. The summed E-state index contributed by atoms with van der Waals surface area (Å²) in [6, 6.07) is 3.63. The standard InChI is InChI=1S/C13H18ClNO2S/c1-13(2,12(16)17)7-3-4-9-18-11-10(14)6-5-8-15-11/h5-6,8H,3-4,7,9H2,1-2H3,(H,16,17). The lowest BCUT2D eigenvalue weighted by molar-refractivity contribution is -0.147.